The molecule has 23 heavy (non-hydrogen) atoms. The molecule has 0 aliphatic heterocycles. The number of furan rings is 1. The second kappa shape index (κ2) is 5.96. The van der Waals surface area contributed by atoms with Gasteiger partial charge in [-0.15, -0.1) is 0 Å². The number of ketones is 1. The molecule has 1 aromatic heterocycles. The third-order valence-electron chi connectivity index (χ3n) is 3.53. The molecule has 5 nitrogen and oxygen atoms in total. The molecule has 6 heteroatoms. The number of carbonyl (C=O) groups is 1. The molecular formula is C17H14BrNO4. The highest BCUT2D eigenvalue weighted by Gasteiger charge is 2.23. The van der Waals surface area contributed by atoms with Crippen LogP contribution >= 0.6 is 15.9 Å². The fourth-order valence-corrected chi connectivity index (χ4v) is 2.63. The Labute approximate surface area is 141 Å². The van der Waals surface area contributed by atoms with Crippen LogP contribution in [0.5, 0.6) is 11.5 Å². The molecule has 0 spiro atoms. The average Bonchev–Trinajstić information content (AvgIpc) is 2.91. The lowest BCUT2D eigenvalue weighted by atomic mass is 10.1. The maximum Gasteiger partial charge on any atom is 0.230 e. The molecule has 0 aliphatic carbocycles. The van der Waals surface area contributed by atoms with Crippen molar-refractivity contribution < 1.29 is 18.7 Å². The number of ether oxygens (including phenoxy) is 2. The van der Waals surface area contributed by atoms with Gasteiger partial charge in [0.15, 0.2) is 5.76 Å². The summed E-state index contributed by atoms with van der Waals surface area (Å²) in [6, 6.07) is 10.4. The van der Waals surface area contributed by atoms with E-state index in [-0.39, 0.29) is 17.2 Å². The van der Waals surface area contributed by atoms with Crippen LogP contribution in [0.2, 0.25) is 0 Å². The second-order valence-electron chi connectivity index (χ2n) is 4.88. The topological polar surface area (TPSA) is 74.7 Å². The zero-order valence-electron chi connectivity index (χ0n) is 12.6. The van der Waals surface area contributed by atoms with Crippen LogP contribution in [0.15, 0.2) is 45.3 Å². The van der Waals surface area contributed by atoms with Crippen molar-refractivity contribution in [2.24, 2.45) is 0 Å². The fourth-order valence-electron chi connectivity index (χ4n) is 2.37. The van der Waals surface area contributed by atoms with Gasteiger partial charge in [0.2, 0.25) is 5.78 Å². The number of rotatable bonds is 4. The van der Waals surface area contributed by atoms with Crippen LogP contribution in [-0.4, -0.2) is 20.0 Å². The summed E-state index contributed by atoms with van der Waals surface area (Å²) in [5, 5.41) is 0.564. The molecule has 3 aromatic rings. The molecule has 118 valence electrons. The number of nitrogens with two attached hydrogens (primary N) is 1. The number of anilines is 1. The molecule has 0 aliphatic rings. The van der Waals surface area contributed by atoms with E-state index in [0.717, 1.165) is 4.47 Å². The van der Waals surface area contributed by atoms with E-state index in [2.05, 4.69) is 15.9 Å². The van der Waals surface area contributed by atoms with Gasteiger partial charge in [-0.3, -0.25) is 4.79 Å². The summed E-state index contributed by atoms with van der Waals surface area (Å²) in [5.74, 6) is 0.863. The maximum absolute atomic E-state index is 12.6. The summed E-state index contributed by atoms with van der Waals surface area (Å²) < 4.78 is 17.1. The highest BCUT2D eigenvalue weighted by atomic mass is 79.9. The summed E-state index contributed by atoms with van der Waals surface area (Å²) in [4.78, 5) is 12.6. The highest BCUT2D eigenvalue weighted by molar-refractivity contribution is 9.10. The SMILES string of the molecule is COc1cc(OC)c2c(N)c(C(=O)c3ccc(Br)cc3)oc2c1. The molecule has 0 radical (unpaired) electrons. The molecule has 0 amide bonds. The van der Waals surface area contributed by atoms with Gasteiger partial charge in [0.05, 0.1) is 25.3 Å². The number of hydrogen-bond donors (Lipinski definition) is 1. The van der Waals surface area contributed by atoms with Gasteiger partial charge in [0.25, 0.3) is 0 Å². The van der Waals surface area contributed by atoms with Crippen LogP contribution in [0.4, 0.5) is 5.69 Å². The van der Waals surface area contributed by atoms with Crippen LogP contribution in [0.1, 0.15) is 16.1 Å². The van der Waals surface area contributed by atoms with E-state index in [1.165, 1.54) is 7.11 Å². The minimum Gasteiger partial charge on any atom is -0.496 e. The van der Waals surface area contributed by atoms with Gasteiger partial charge in [0, 0.05) is 22.2 Å². The van der Waals surface area contributed by atoms with Gasteiger partial charge >= 0.3 is 0 Å². The van der Waals surface area contributed by atoms with E-state index < -0.39 is 0 Å². The lowest BCUT2D eigenvalue weighted by Crippen LogP contribution is -2.02. The minimum absolute atomic E-state index is 0.0916. The van der Waals surface area contributed by atoms with Crippen LogP contribution in [-0.2, 0) is 0 Å². The Morgan fingerprint density at radius 3 is 2.43 bits per heavy atom. The third kappa shape index (κ3) is 2.66. The molecular weight excluding hydrogens is 362 g/mol. The van der Waals surface area contributed by atoms with Gasteiger partial charge in [-0.25, -0.2) is 0 Å². The number of carbonyl (C=O) groups excluding carboxylic acids is 1. The van der Waals surface area contributed by atoms with Crippen molar-refractivity contribution in [1.82, 2.24) is 0 Å². The summed E-state index contributed by atoms with van der Waals surface area (Å²) in [5.41, 5.74) is 7.32. The van der Waals surface area contributed by atoms with Crippen molar-refractivity contribution >= 4 is 38.4 Å². The molecule has 2 aromatic carbocycles. The summed E-state index contributed by atoms with van der Waals surface area (Å²) in [6.45, 7) is 0. The van der Waals surface area contributed by atoms with Crippen molar-refractivity contribution in [2.75, 3.05) is 20.0 Å². The predicted octanol–water partition coefficient (Wildman–Crippen LogP) is 4.03. The van der Waals surface area contributed by atoms with E-state index in [9.17, 15) is 4.79 Å². The zero-order valence-corrected chi connectivity index (χ0v) is 14.1. The third-order valence-corrected chi connectivity index (χ3v) is 4.06. The lowest BCUT2D eigenvalue weighted by molar-refractivity contribution is 0.101. The quantitative estimate of drug-likeness (QED) is 0.696. The number of methoxy groups -OCH3 is 2. The van der Waals surface area contributed by atoms with Crippen LogP contribution < -0.4 is 15.2 Å². The summed E-state index contributed by atoms with van der Waals surface area (Å²) >= 11 is 3.34. The number of halogens is 1. The van der Waals surface area contributed by atoms with Crippen LogP contribution in [0, 0.1) is 0 Å². The number of hydrogen-bond acceptors (Lipinski definition) is 5. The number of nitrogen functional groups attached to an aromatic ring is 1. The number of benzene rings is 2. The first-order chi connectivity index (χ1) is 11.0. The summed E-state index contributed by atoms with van der Waals surface area (Å²) in [7, 11) is 3.07. The van der Waals surface area contributed by atoms with E-state index >= 15 is 0 Å². The van der Waals surface area contributed by atoms with Gasteiger partial charge in [-0.05, 0) is 24.3 Å². The molecule has 0 saturated heterocycles. The van der Waals surface area contributed by atoms with Gasteiger partial charge < -0.3 is 19.6 Å². The zero-order chi connectivity index (χ0) is 16.6. The molecule has 2 N–H and O–H groups in total. The van der Waals surface area contributed by atoms with Crippen molar-refractivity contribution in [1.29, 1.82) is 0 Å². The summed E-state index contributed by atoms with van der Waals surface area (Å²) in [6.07, 6.45) is 0. The Balaban J connectivity index is 2.16. The Hall–Kier alpha value is -2.47. The van der Waals surface area contributed by atoms with Crippen LogP contribution in [0.25, 0.3) is 11.0 Å². The lowest BCUT2D eigenvalue weighted by Gasteiger charge is -2.05. The van der Waals surface area contributed by atoms with Gasteiger partial charge in [-0.1, -0.05) is 15.9 Å². The molecule has 3 rings (SSSR count). The molecule has 0 saturated carbocycles. The van der Waals surface area contributed by atoms with Crippen molar-refractivity contribution in [3.05, 3.63) is 52.2 Å². The van der Waals surface area contributed by atoms with E-state index in [0.29, 0.717) is 28.0 Å². The Kier molecular flexibility index (Phi) is 4.00. The van der Waals surface area contributed by atoms with Crippen molar-refractivity contribution in [2.45, 2.75) is 0 Å². The minimum atomic E-state index is -0.285. The molecule has 0 atom stereocenters. The first-order valence-corrected chi connectivity index (χ1v) is 7.58. The normalized spacial score (nSPS) is 10.7. The number of fused-ring (bicyclic) bond motifs is 1. The van der Waals surface area contributed by atoms with Gasteiger partial charge in [0.1, 0.15) is 17.1 Å². The molecule has 0 fully saturated rings. The first kappa shape index (κ1) is 15.4. The average molecular weight is 376 g/mol. The van der Waals surface area contributed by atoms with E-state index in [1.54, 1.807) is 43.5 Å². The fraction of sp³-hybridized carbons (Fsp3) is 0.118. The maximum atomic E-state index is 12.6. The molecule has 0 unspecified atom stereocenters. The van der Waals surface area contributed by atoms with Crippen LogP contribution in [0.3, 0.4) is 0 Å². The van der Waals surface area contributed by atoms with E-state index in [1.807, 2.05) is 0 Å². The Morgan fingerprint density at radius 2 is 1.83 bits per heavy atom. The van der Waals surface area contributed by atoms with Crippen molar-refractivity contribution in [3.8, 4) is 11.5 Å². The Bertz CT molecular complexity index is 884. The largest absolute Gasteiger partial charge is 0.496 e. The molecule has 0 bridgehead atoms. The smallest absolute Gasteiger partial charge is 0.230 e. The predicted molar refractivity (Wildman–Crippen MR) is 91.3 cm³/mol. The first-order valence-electron chi connectivity index (χ1n) is 6.79. The highest BCUT2D eigenvalue weighted by Crippen LogP contribution is 2.39. The Morgan fingerprint density at radius 1 is 1.13 bits per heavy atom. The monoisotopic (exact) mass is 375 g/mol. The van der Waals surface area contributed by atoms with E-state index in [4.69, 9.17) is 19.6 Å². The second-order valence-corrected chi connectivity index (χ2v) is 5.80. The molecule has 1 heterocycles. The van der Waals surface area contributed by atoms with Crippen molar-refractivity contribution in [3.63, 3.8) is 0 Å². The standard InChI is InChI=1S/C17H14BrNO4/c1-21-11-7-12(22-2)14-13(8-11)23-17(15(14)19)16(20)9-3-5-10(18)6-4-9/h3-8H,19H2,1-2H3. The van der Waals surface area contributed by atoms with Gasteiger partial charge in [-0.2, -0.15) is 0 Å².